The van der Waals surface area contributed by atoms with Gasteiger partial charge >= 0.3 is 6.03 Å². The van der Waals surface area contributed by atoms with Crippen LogP contribution in [0.25, 0.3) is 0 Å². The van der Waals surface area contributed by atoms with Crippen molar-refractivity contribution in [2.45, 2.75) is 38.3 Å². The lowest BCUT2D eigenvalue weighted by Gasteiger charge is -2.18. The van der Waals surface area contributed by atoms with Gasteiger partial charge in [0.25, 0.3) is 0 Å². The van der Waals surface area contributed by atoms with Crippen molar-refractivity contribution in [1.82, 2.24) is 10.6 Å². The van der Waals surface area contributed by atoms with Crippen molar-refractivity contribution in [3.8, 4) is 0 Å². The molecule has 0 aliphatic heterocycles. The summed E-state index contributed by atoms with van der Waals surface area (Å²) in [5, 5.41) is 14.4. The number of urea groups is 1. The van der Waals surface area contributed by atoms with E-state index in [1.54, 1.807) is 6.07 Å². The van der Waals surface area contributed by atoms with Crippen LogP contribution in [0.3, 0.4) is 0 Å². The van der Waals surface area contributed by atoms with Gasteiger partial charge in [0.15, 0.2) is 0 Å². The Hall–Kier alpha value is -1.62. The zero-order valence-corrected chi connectivity index (χ0v) is 10.9. The van der Waals surface area contributed by atoms with Gasteiger partial charge in [-0.15, -0.1) is 0 Å². The lowest BCUT2D eigenvalue weighted by atomic mass is 10.1. The highest BCUT2D eigenvalue weighted by Gasteiger charge is 2.24. The first-order valence-corrected chi connectivity index (χ1v) is 6.56. The number of carbonyl (C=O) groups is 1. The smallest absolute Gasteiger partial charge is 0.315 e. The predicted octanol–water partition coefficient (Wildman–Crippen LogP) is 1.88. The summed E-state index contributed by atoms with van der Waals surface area (Å²) in [5.41, 5.74) is 1.96. The second-order valence-electron chi connectivity index (χ2n) is 4.97. The van der Waals surface area contributed by atoms with E-state index >= 15 is 0 Å². The number of amides is 2. The maximum atomic E-state index is 13.1. The number of aliphatic hydroxyl groups is 1. The minimum Gasteiger partial charge on any atom is -0.396 e. The van der Waals surface area contributed by atoms with Crippen molar-refractivity contribution in [3.05, 3.63) is 35.1 Å². The zero-order chi connectivity index (χ0) is 13.8. The molecule has 0 spiro atoms. The Morgan fingerprint density at radius 2 is 2.37 bits per heavy atom. The lowest BCUT2D eigenvalue weighted by Crippen LogP contribution is -2.42. The molecule has 0 saturated carbocycles. The summed E-state index contributed by atoms with van der Waals surface area (Å²) in [6.45, 7) is 1.89. The maximum absolute atomic E-state index is 13.1. The van der Waals surface area contributed by atoms with Crippen molar-refractivity contribution < 1.29 is 14.3 Å². The van der Waals surface area contributed by atoms with E-state index in [9.17, 15) is 9.18 Å². The van der Waals surface area contributed by atoms with Crippen LogP contribution in [0.5, 0.6) is 0 Å². The quantitative estimate of drug-likeness (QED) is 0.779. The van der Waals surface area contributed by atoms with Gasteiger partial charge < -0.3 is 15.7 Å². The second-order valence-corrected chi connectivity index (χ2v) is 4.97. The summed E-state index contributed by atoms with van der Waals surface area (Å²) in [6.07, 6.45) is 2.10. The van der Waals surface area contributed by atoms with E-state index in [1.807, 2.05) is 6.92 Å². The first-order valence-electron chi connectivity index (χ1n) is 6.56. The minimum absolute atomic E-state index is 0.0486. The fourth-order valence-electron chi connectivity index (χ4n) is 2.43. The number of halogens is 1. The SMILES string of the molecule is C[C@H](CCO)NC(=O)NC1CCc2cc(F)ccc21. The van der Waals surface area contributed by atoms with Gasteiger partial charge in [-0.25, -0.2) is 9.18 Å². The average molecular weight is 266 g/mol. The van der Waals surface area contributed by atoms with Crippen molar-refractivity contribution in [2.75, 3.05) is 6.61 Å². The number of benzene rings is 1. The molecule has 5 heteroatoms. The van der Waals surface area contributed by atoms with Gasteiger partial charge in [0.05, 0.1) is 6.04 Å². The summed E-state index contributed by atoms with van der Waals surface area (Å²) in [6, 6.07) is 4.31. The molecule has 0 aromatic heterocycles. The summed E-state index contributed by atoms with van der Waals surface area (Å²) in [4.78, 5) is 11.8. The number of aryl methyl sites for hydroxylation is 1. The maximum Gasteiger partial charge on any atom is 0.315 e. The molecule has 0 radical (unpaired) electrons. The highest BCUT2D eigenvalue weighted by Crippen LogP contribution is 2.31. The molecule has 1 aliphatic rings. The van der Waals surface area contributed by atoms with Crippen LogP contribution in [0.4, 0.5) is 9.18 Å². The Kier molecular flexibility index (Phi) is 4.37. The van der Waals surface area contributed by atoms with E-state index in [0.717, 1.165) is 24.0 Å². The van der Waals surface area contributed by atoms with E-state index in [0.29, 0.717) is 6.42 Å². The third-order valence-electron chi connectivity index (χ3n) is 3.43. The van der Waals surface area contributed by atoms with Gasteiger partial charge in [0.1, 0.15) is 5.82 Å². The third kappa shape index (κ3) is 3.44. The first-order chi connectivity index (χ1) is 9.10. The molecule has 2 amide bonds. The monoisotopic (exact) mass is 266 g/mol. The molecule has 4 nitrogen and oxygen atoms in total. The van der Waals surface area contributed by atoms with Gasteiger partial charge in [-0.1, -0.05) is 6.07 Å². The minimum atomic E-state index is -0.247. The molecule has 1 unspecified atom stereocenters. The fourth-order valence-corrected chi connectivity index (χ4v) is 2.43. The molecule has 0 saturated heterocycles. The first kappa shape index (κ1) is 13.8. The van der Waals surface area contributed by atoms with Crippen LogP contribution in [0.2, 0.25) is 0 Å². The molecule has 0 bridgehead atoms. The lowest BCUT2D eigenvalue weighted by molar-refractivity contribution is 0.227. The third-order valence-corrected chi connectivity index (χ3v) is 3.43. The van der Waals surface area contributed by atoms with E-state index in [1.165, 1.54) is 12.1 Å². The molecule has 1 aromatic rings. The predicted molar refractivity (Wildman–Crippen MR) is 70.3 cm³/mol. The summed E-state index contributed by atoms with van der Waals surface area (Å²) in [7, 11) is 0. The molecular formula is C14H19FN2O2. The topological polar surface area (TPSA) is 61.4 Å². The van der Waals surface area contributed by atoms with Crippen LogP contribution >= 0.6 is 0 Å². The molecular weight excluding hydrogens is 247 g/mol. The molecule has 1 aliphatic carbocycles. The van der Waals surface area contributed by atoms with Crippen LogP contribution in [-0.4, -0.2) is 23.8 Å². The Morgan fingerprint density at radius 3 is 3.11 bits per heavy atom. The number of hydrogen-bond donors (Lipinski definition) is 3. The van der Waals surface area contributed by atoms with Crippen molar-refractivity contribution in [3.63, 3.8) is 0 Å². The largest absolute Gasteiger partial charge is 0.396 e. The normalized spacial score (nSPS) is 18.8. The molecule has 2 rings (SSSR count). The molecule has 0 fully saturated rings. The van der Waals surface area contributed by atoms with Crippen LogP contribution in [0, 0.1) is 5.82 Å². The Bertz CT molecular complexity index is 465. The van der Waals surface area contributed by atoms with Crippen LogP contribution in [0.15, 0.2) is 18.2 Å². The van der Waals surface area contributed by atoms with E-state index in [4.69, 9.17) is 5.11 Å². The molecule has 19 heavy (non-hydrogen) atoms. The van der Waals surface area contributed by atoms with Crippen LogP contribution in [0.1, 0.15) is 36.9 Å². The van der Waals surface area contributed by atoms with E-state index in [2.05, 4.69) is 10.6 Å². The van der Waals surface area contributed by atoms with Crippen molar-refractivity contribution in [2.24, 2.45) is 0 Å². The number of nitrogens with one attached hydrogen (secondary N) is 2. The molecule has 1 aromatic carbocycles. The van der Waals surface area contributed by atoms with Gasteiger partial charge in [0.2, 0.25) is 0 Å². The Morgan fingerprint density at radius 1 is 1.58 bits per heavy atom. The molecule has 2 atom stereocenters. The Balaban J connectivity index is 1.93. The highest BCUT2D eigenvalue weighted by molar-refractivity contribution is 5.75. The molecule has 0 heterocycles. The number of hydrogen-bond acceptors (Lipinski definition) is 2. The summed E-state index contributed by atoms with van der Waals surface area (Å²) >= 11 is 0. The van der Waals surface area contributed by atoms with Crippen LogP contribution in [-0.2, 0) is 6.42 Å². The van der Waals surface area contributed by atoms with Crippen molar-refractivity contribution >= 4 is 6.03 Å². The van der Waals surface area contributed by atoms with E-state index in [-0.39, 0.29) is 30.5 Å². The second kappa shape index (κ2) is 6.02. The van der Waals surface area contributed by atoms with Gasteiger partial charge in [0, 0.05) is 12.6 Å². The zero-order valence-electron chi connectivity index (χ0n) is 10.9. The standard InChI is InChI=1S/C14H19FN2O2/c1-9(6-7-18)16-14(19)17-13-5-2-10-8-11(15)3-4-12(10)13/h3-4,8-9,13,18H,2,5-7H2,1H3,(H2,16,17,19)/t9-,13?/m1/s1. The molecule has 104 valence electrons. The van der Waals surface area contributed by atoms with Crippen molar-refractivity contribution in [1.29, 1.82) is 0 Å². The average Bonchev–Trinajstić information content (AvgIpc) is 2.71. The van der Waals surface area contributed by atoms with E-state index < -0.39 is 0 Å². The van der Waals surface area contributed by atoms with Gasteiger partial charge in [-0.2, -0.15) is 0 Å². The summed E-state index contributed by atoms with van der Waals surface area (Å²) in [5.74, 6) is -0.236. The number of fused-ring (bicyclic) bond motifs is 1. The van der Waals surface area contributed by atoms with Gasteiger partial charge in [-0.05, 0) is 49.4 Å². The molecule has 3 N–H and O–H groups in total. The van der Waals surface area contributed by atoms with Gasteiger partial charge in [-0.3, -0.25) is 0 Å². The van der Waals surface area contributed by atoms with Crippen LogP contribution < -0.4 is 10.6 Å². The highest BCUT2D eigenvalue weighted by atomic mass is 19.1. The number of carbonyl (C=O) groups excluding carboxylic acids is 1. The Labute approximate surface area is 112 Å². The fraction of sp³-hybridized carbons (Fsp3) is 0.500. The summed E-state index contributed by atoms with van der Waals surface area (Å²) < 4.78 is 13.1. The number of aliphatic hydroxyl groups excluding tert-OH is 1. The number of rotatable bonds is 4.